The topological polar surface area (TPSA) is 51.2 Å². The van der Waals surface area contributed by atoms with E-state index in [0.717, 1.165) is 18.7 Å². The number of rotatable bonds is 2. The zero-order chi connectivity index (χ0) is 13.4. The summed E-state index contributed by atoms with van der Waals surface area (Å²) in [5.74, 6) is 1.59. The Labute approximate surface area is 112 Å². The Bertz CT molecular complexity index is 467. The van der Waals surface area contributed by atoms with Crippen molar-refractivity contribution < 1.29 is 19.3 Å². The lowest BCUT2D eigenvalue weighted by Crippen LogP contribution is -2.44. The molecule has 2 atom stereocenters. The molecule has 3 rings (SSSR count). The Morgan fingerprint density at radius 2 is 1.79 bits per heavy atom. The molecule has 0 radical (unpaired) electrons. The molecular weight excluding hydrogens is 246 g/mol. The average molecular weight is 265 g/mol. The molecule has 104 valence electrons. The van der Waals surface area contributed by atoms with Crippen LogP contribution in [0, 0.1) is 0 Å². The maximum Gasteiger partial charge on any atom is 0.231 e. The first-order chi connectivity index (χ1) is 9.11. The van der Waals surface area contributed by atoms with Crippen LogP contribution in [0.1, 0.15) is 19.4 Å². The van der Waals surface area contributed by atoms with Gasteiger partial charge in [0.15, 0.2) is 11.5 Å². The molecule has 1 fully saturated rings. The first kappa shape index (κ1) is 12.6. The molecule has 0 unspecified atom stereocenters. The quantitative estimate of drug-likeness (QED) is 0.882. The fraction of sp³-hybridized carbons (Fsp3) is 0.571. The summed E-state index contributed by atoms with van der Waals surface area (Å²) in [6, 6.07) is 3.49. The summed E-state index contributed by atoms with van der Waals surface area (Å²) in [4.78, 5) is 2.29. The lowest BCUT2D eigenvalue weighted by Gasteiger charge is -2.35. The highest BCUT2D eigenvalue weighted by Gasteiger charge is 2.24. The first-order valence-electron chi connectivity index (χ1n) is 6.61. The molecule has 1 N–H and O–H groups in total. The molecular formula is C14H19NO4. The van der Waals surface area contributed by atoms with Crippen molar-refractivity contribution in [2.24, 2.45) is 0 Å². The molecule has 2 aliphatic rings. The fourth-order valence-electron chi connectivity index (χ4n) is 2.75. The van der Waals surface area contributed by atoms with Crippen LogP contribution in [-0.4, -0.2) is 42.1 Å². The Kier molecular flexibility index (Phi) is 3.24. The second-order valence-corrected chi connectivity index (χ2v) is 5.29. The third-order valence-electron chi connectivity index (χ3n) is 3.46. The molecule has 1 aromatic rings. The summed E-state index contributed by atoms with van der Waals surface area (Å²) < 4.78 is 16.3. The van der Waals surface area contributed by atoms with Gasteiger partial charge in [-0.3, -0.25) is 4.90 Å². The smallest absolute Gasteiger partial charge is 0.231 e. The van der Waals surface area contributed by atoms with Crippen molar-refractivity contribution in [3.63, 3.8) is 0 Å². The molecule has 2 aliphatic heterocycles. The van der Waals surface area contributed by atoms with Crippen molar-refractivity contribution in [3.8, 4) is 17.2 Å². The van der Waals surface area contributed by atoms with E-state index in [9.17, 15) is 5.11 Å². The molecule has 0 amide bonds. The van der Waals surface area contributed by atoms with Gasteiger partial charge in [-0.1, -0.05) is 0 Å². The van der Waals surface area contributed by atoms with E-state index < -0.39 is 0 Å². The number of hydrogen-bond acceptors (Lipinski definition) is 5. The van der Waals surface area contributed by atoms with Crippen LogP contribution < -0.4 is 9.47 Å². The number of phenolic OH excluding ortho intramolecular Hbond substituents is 1. The van der Waals surface area contributed by atoms with E-state index in [1.807, 2.05) is 6.07 Å². The van der Waals surface area contributed by atoms with Crippen molar-refractivity contribution in [2.45, 2.75) is 32.6 Å². The van der Waals surface area contributed by atoms with Gasteiger partial charge in [-0.05, 0) is 19.9 Å². The molecule has 1 aromatic carbocycles. The van der Waals surface area contributed by atoms with Gasteiger partial charge in [0.05, 0.1) is 12.2 Å². The number of fused-ring (bicyclic) bond motifs is 1. The number of morpholine rings is 1. The summed E-state index contributed by atoms with van der Waals surface area (Å²) in [6.45, 7) is 6.81. The van der Waals surface area contributed by atoms with E-state index in [4.69, 9.17) is 14.2 Å². The number of benzene rings is 1. The predicted molar refractivity (Wildman–Crippen MR) is 69.5 cm³/mol. The highest BCUT2D eigenvalue weighted by Crippen LogP contribution is 2.38. The van der Waals surface area contributed by atoms with E-state index in [1.165, 1.54) is 0 Å². The van der Waals surface area contributed by atoms with Gasteiger partial charge in [0.2, 0.25) is 6.79 Å². The van der Waals surface area contributed by atoms with Gasteiger partial charge in [0, 0.05) is 31.3 Å². The van der Waals surface area contributed by atoms with E-state index >= 15 is 0 Å². The summed E-state index contributed by atoms with van der Waals surface area (Å²) in [5, 5.41) is 10.0. The number of aromatic hydroxyl groups is 1. The lowest BCUT2D eigenvalue weighted by atomic mass is 10.1. The number of ether oxygens (including phenoxy) is 3. The van der Waals surface area contributed by atoms with Gasteiger partial charge in [0.25, 0.3) is 0 Å². The monoisotopic (exact) mass is 265 g/mol. The van der Waals surface area contributed by atoms with Crippen LogP contribution in [-0.2, 0) is 11.3 Å². The van der Waals surface area contributed by atoms with Crippen LogP contribution in [0.5, 0.6) is 17.2 Å². The molecule has 0 aliphatic carbocycles. The molecule has 5 heteroatoms. The van der Waals surface area contributed by atoms with Crippen molar-refractivity contribution >= 4 is 0 Å². The molecule has 0 aromatic heterocycles. The Balaban J connectivity index is 1.76. The molecule has 0 spiro atoms. The van der Waals surface area contributed by atoms with Crippen LogP contribution >= 0.6 is 0 Å². The van der Waals surface area contributed by atoms with Gasteiger partial charge in [-0.15, -0.1) is 0 Å². The highest BCUT2D eigenvalue weighted by molar-refractivity contribution is 5.51. The molecule has 2 heterocycles. The van der Waals surface area contributed by atoms with Gasteiger partial charge in [-0.2, -0.15) is 0 Å². The lowest BCUT2D eigenvalue weighted by molar-refractivity contribution is -0.0706. The van der Waals surface area contributed by atoms with Crippen molar-refractivity contribution in [1.29, 1.82) is 0 Å². The van der Waals surface area contributed by atoms with Gasteiger partial charge in [0.1, 0.15) is 5.75 Å². The zero-order valence-corrected chi connectivity index (χ0v) is 11.3. The SMILES string of the molecule is C[C@@H]1CN(Cc2cc3c(cc2O)OCO3)C[C@H](C)O1. The Hall–Kier alpha value is -1.46. The van der Waals surface area contributed by atoms with Gasteiger partial charge in [-0.25, -0.2) is 0 Å². The summed E-state index contributed by atoms with van der Waals surface area (Å²) in [6.07, 6.45) is 0.444. The van der Waals surface area contributed by atoms with E-state index in [1.54, 1.807) is 6.07 Å². The average Bonchev–Trinajstić information content (AvgIpc) is 2.75. The minimum absolute atomic E-state index is 0.222. The normalized spacial score (nSPS) is 26.6. The van der Waals surface area contributed by atoms with Crippen molar-refractivity contribution in [1.82, 2.24) is 4.90 Å². The minimum atomic E-state index is 0.222. The van der Waals surface area contributed by atoms with Crippen LogP contribution in [0.3, 0.4) is 0 Å². The van der Waals surface area contributed by atoms with Crippen molar-refractivity contribution in [3.05, 3.63) is 17.7 Å². The largest absolute Gasteiger partial charge is 0.507 e. The second-order valence-electron chi connectivity index (χ2n) is 5.29. The number of phenols is 1. The molecule has 19 heavy (non-hydrogen) atoms. The van der Waals surface area contributed by atoms with Crippen molar-refractivity contribution in [2.75, 3.05) is 19.9 Å². The number of hydrogen-bond donors (Lipinski definition) is 1. The fourth-order valence-corrected chi connectivity index (χ4v) is 2.75. The highest BCUT2D eigenvalue weighted by atomic mass is 16.7. The van der Waals surface area contributed by atoms with E-state index in [-0.39, 0.29) is 24.8 Å². The molecule has 1 saturated heterocycles. The van der Waals surface area contributed by atoms with E-state index in [0.29, 0.717) is 18.0 Å². The zero-order valence-electron chi connectivity index (χ0n) is 11.3. The Morgan fingerprint density at radius 3 is 2.47 bits per heavy atom. The maximum absolute atomic E-state index is 10.0. The molecule has 0 bridgehead atoms. The van der Waals surface area contributed by atoms with Crippen LogP contribution in [0.15, 0.2) is 12.1 Å². The third kappa shape index (κ3) is 2.62. The summed E-state index contributed by atoms with van der Waals surface area (Å²) in [7, 11) is 0. The molecule has 0 saturated carbocycles. The maximum atomic E-state index is 10.0. The Morgan fingerprint density at radius 1 is 1.16 bits per heavy atom. The van der Waals surface area contributed by atoms with Crippen LogP contribution in [0.2, 0.25) is 0 Å². The second kappa shape index (κ2) is 4.90. The van der Waals surface area contributed by atoms with Crippen LogP contribution in [0.25, 0.3) is 0 Å². The predicted octanol–water partition coefficient (Wildman–Crippen LogP) is 1.73. The van der Waals surface area contributed by atoms with Gasteiger partial charge >= 0.3 is 0 Å². The van der Waals surface area contributed by atoms with Crippen LogP contribution in [0.4, 0.5) is 0 Å². The molecule has 5 nitrogen and oxygen atoms in total. The minimum Gasteiger partial charge on any atom is -0.507 e. The first-order valence-corrected chi connectivity index (χ1v) is 6.61. The van der Waals surface area contributed by atoms with E-state index in [2.05, 4.69) is 18.7 Å². The standard InChI is InChI=1S/C14H19NO4/c1-9-5-15(6-10(2)19-9)7-11-3-13-14(4-12(11)16)18-8-17-13/h3-4,9-10,16H,5-8H2,1-2H3/t9-,10+. The number of nitrogens with zero attached hydrogens (tertiary/aromatic N) is 1. The van der Waals surface area contributed by atoms with Gasteiger partial charge < -0.3 is 19.3 Å². The third-order valence-corrected chi connectivity index (χ3v) is 3.46. The summed E-state index contributed by atoms with van der Waals surface area (Å²) >= 11 is 0. The summed E-state index contributed by atoms with van der Waals surface area (Å²) in [5.41, 5.74) is 0.866.